The smallest absolute Gasteiger partial charge is 0.251 e. The maximum atomic E-state index is 11.6. The minimum Gasteiger partial charge on any atom is -0.369 e. The summed E-state index contributed by atoms with van der Waals surface area (Å²) in [5.74, 6) is -0.0336. The Hall–Kier alpha value is -2.33. The van der Waals surface area contributed by atoms with Crippen molar-refractivity contribution in [3.05, 3.63) is 64.7 Å². The average molecular weight is 337 g/mol. The van der Waals surface area contributed by atoms with Crippen LogP contribution < -0.4 is 10.2 Å². The summed E-state index contributed by atoms with van der Waals surface area (Å²) in [5.41, 5.74) is 6.09. The predicted molar refractivity (Wildman–Crippen MR) is 103 cm³/mol. The van der Waals surface area contributed by atoms with Gasteiger partial charge in [-0.2, -0.15) is 0 Å². The maximum Gasteiger partial charge on any atom is 0.251 e. The summed E-state index contributed by atoms with van der Waals surface area (Å²) in [6.07, 6.45) is 0. The standard InChI is InChI=1S/C21H27N3O/c1-16-5-4-6-20(17(16)2)24-13-11-23(12-14-24)15-18-7-9-19(10-8-18)21(25)22-3/h4-10H,11-15H2,1-3H3,(H,22,25). The Bertz CT molecular complexity index is 731. The molecule has 0 aliphatic carbocycles. The van der Waals surface area contributed by atoms with Crippen molar-refractivity contribution in [3.8, 4) is 0 Å². The molecule has 4 heteroatoms. The van der Waals surface area contributed by atoms with Gasteiger partial charge in [0, 0.05) is 51.0 Å². The van der Waals surface area contributed by atoms with E-state index in [1.54, 1.807) is 7.05 Å². The van der Waals surface area contributed by atoms with E-state index in [1.807, 2.05) is 12.1 Å². The van der Waals surface area contributed by atoms with Crippen LogP contribution in [0.1, 0.15) is 27.0 Å². The molecule has 3 rings (SSSR count). The number of rotatable bonds is 4. The van der Waals surface area contributed by atoms with Crippen molar-refractivity contribution in [2.45, 2.75) is 20.4 Å². The van der Waals surface area contributed by atoms with Crippen molar-refractivity contribution in [2.75, 3.05) is 38.1 Å². The van der Waals surface area contributed by atoms with Crippen LogP contribution in [0, 0.1) is 13.8 Å². The fourth-order valence-corrected chi connectivity index (χ4v) is 3.39. The quantitative estimate of drug-likeness (QED) is 0.932. The molecule has 2 aromatic rings. The largest absolute Gasteiger partial charge is 0.369 e. The molecule has 132 valence electrons. The van der Waals surface area contributed by atoms with Crippen LogP contribution in [0.4, 0.5) is 5.69 Å². The molecule has 1 fully saturated rings. The maximum absolute atomic E-state index is 11.6. The number of amides is 1. The first-order valence-electron chi connectivity index (χ1n) is 8.93. The number of hydrogen-bond acceptors (Lipinski definition) is 3. The van der Waals surface area contributed by atoms with Crippen LogP contribution in [0.5, 0.6) is 0 Å². The first-order valence-corrected chi connectivity index (χ1v) is 8.93. The number of aryl methyl sites for hydroxylation is 1. The molecule has 1 saturated heterocycles. The molecule has 1 N–H and O–H groups in total. The van der Waals surface area contributed by atoms with Crippen molar-refractivity contribution in [1.29, 1.82) is 0 Å². The molecule has 1 aliphatic heterocycles. The van der Waals surface area contributed by atoms with Crippen LogP contribution >= 0.6 is 0 Å². The fraction of sp³-hybridized carbons (Fsp3) is 0.381. The summed E-state index contributed by atoms with van der Waals surface area (Å²) < 4.78 is 0. The van der Waals surface area contributed by atoms with E-state index in [0.29, 0.717) is 5.56 Å². The third-order valence-electron chi connectivity index (χ3n) is 5.14. The lowest BCUT2D eigenvalue weighted by atomic mass is 10.1. The summed E-state index contributed by atoms with van der Waals surface area (Å²) in [4.78, 5) is 16.6. The van der Waals surface area contributed by atoms with Crippen molar-refractivity contribution in [2.24, 2.45) is 0 Å². The molecule has 0 spiro atoms. The van der Waals surface area contributed by atoms with E-state index >= 15 is 0 Å². The molecule has 1 amide bonds. The summed E-state index contributed by atoms with van der Waals surface area (Å²) in [5, 5.41) is 2.66. The molecule has 1 heterocycles. The Kier molecular flexibility index (Phi) is 5.39. The number of carbonyl (C=O) groups excluding carboxylic acids is 1. The van der Waals surface area contributed by atoms with Gasteiger partial charge in [-0.3, -0.25) is 9.69 Å². The first-order chi connectivity index (χ1) is 12.1. The third kappa shape index (κ3) is 4.02. The highest BCUT2D eigenvalue weighted by molar-refractivity contribution is 5.93. The normalized spacial score (nSPS) is 15.2. The molecule has 4 nitrogen and oxygen atoms in total. The monoisotopic (exact) mass is 337 g/mol. The first kappa shape index (κ1) is 17.5. The number of anilines is 1. The van der Waals surface area contributed by atoms with E-state index in [4.69, 9.17) is 0 Å². The Morgan fingerprint density at radius 3 is 2.32 bits per heavy atom. The number of hydrogen-bond donors (Lipinski definition) is 1. The summed E-state index contributed by atoms with van der Waals surface area (Å²) >= 11 is 0. The second kappa shape index (κ2) is 7.70. The summed E-state index contributed by atoms with van der Waals surface area (Å²) in [7, 11) is 1.66. The molecule has 0 unspecified atom stereocenters. The van der Waals surface area contributed by atoms with Gasteiger partial charge in [0.05, 0.1) is 0 Å². The fourth-order valence-electron chi connectivity index (χ4n) is 3.39. The lowest BCUT2D eigenvalue weighted by molar-refractivity contribution is 0.0963. The molecular formula is C21H27N3O. The highest BCUT2D eigenvalue weighted by atomic mass is 16.1. The van der Waals surface area contributed by atoms with E-state index in [-0.39, 0.29) is 5.91 Å². The summed E-state index contributed by atoms with van der Waals surface area (Å²) in [6.45, 7) is 9.56. The topological polar surface area (TPSA) is 35.6 Å². The van der Waals surface area contributed by atoms with E-state index in [2.05, 4.69) is 59.3 Å². The minimum atomic E-state index is -0.0336. The van der Waals surface area contributed by atoms with Gasteiger partial charge in [-0.15, -0.1) is 0 Å². The van der Waals surface area contributed by atoms with Crippen molar-refractivity contribution < 1.29 is 4.79 Å². The minimum absolute atomic E-state index is 0.0336. The van der Waals surface area contributed by atoms with Gasteiger partial charge in [0.15, 0.2) is 0 Å². The molecule has 0 saturated carbocycles. The van der Waals surface area contributed by atoms with Gasteiger partial charge >= 0.3 is 0 Å². The van der Waals surface area contributed by atoms with Gasteiger partial charge in [-0.25, -0.2) is 0 Å². The van der Waals surface area contributed by atoms with Gasteiger partial charge in [0.25, 0.3) is 5.91 Å². The molecule has 2 aromatic carbocycles. The number of benzene rings is 2. The Labute approximate surface area is 150 Å². The Morgan fingerprint density at radius 2 is 1.68 bits per heavy atom. The zero-order valence-electron chi connectivity index (χ0n) is 15.4. The average Bonchev–Trinajstić information content (AvgIpc) is 2.65. The third-order valence-corrected chi connectivity index (χ3v) is 5.14. The van der Waals surface area contributed by atoms with E-state index in [1.165, 1.54) is 22.4 Å². The van der Waals surface area contributed by atoms with Crippen LogP contribution in [-0.4, -0.2) is 44.0 Å². The van der Waals surface area contributed by atoms with E-state index in [9.17, 15) is 4.79 Å². The highest BCUT2D eigenvalue weighted by Gasteiger charge is 2.19. The van der Waals surface area contributed by atoms with Gasteiger partial charge in [-0.1, -0.05) is 24.3 Å². The molecule has 0 aromatic heterocycles. The molecule has 1 aliphatic rings. The number of carbonyl (C=O) groups is 1. The van der Waals surface area contributed by atoms with Crippen LogP contribution in [0.2, 0.25) is 0 Å². The lowest BCUT2D eigenvalue weighted by Gasteiger charge is -2.37. The molecular weight excluding hydrogens is 310 g/mol. The van der Waals surface area contributed by atoms with Crippen LogP contribution in [0.15, 0.2) is 42.5 Å². The SMILES string of the molecule is CNC(=O)c1ccc(CN2CCN(c3cccc(C)c3C)CC2)cc1. The van der Waals surface area contributed by atoms with Crippen molar-refractivity contribution in [1.82, 2.24) is 10.2 Å². The van der Waals surface area contributed by atoms with Gasteiger partial charge < -0.3 is 10.2 Å². The van der Waals surface area contributed by atoms with Gasteiger partial charge in [0.1, 0.15) is 0 Å². The van der Waals surface area contributed by atoms with Crippen LogP contribution in [0.3, 0.4) is 0 Å². The number of piperazine rings is 1. The van der Waals surface area contributed by atoms with Gasteiger partial charge in [0.2, 0.25) is 0 Å². The molecule has 0 atom stereocenters. The van der Waals surface area contributed by atoms with Crippen molar-refractivity contribution >= 4 is 11.6 Å². The van der Waals surface area contributed by atoms with Crippen molar-refractivity contribution in [3.63, 3.8) is 0 Å². The Balaban J connectivity index is 1.57. The second-order valence-corrected chi connectivity index (χ2v) is 6.76. The zero-order chi connectivity index (χ0) is 17.8. The molecule has 0 bridgehead atoms. The van der Waals surface area contributed by atoms with Crippen LogP contribution in [0.25, 0.3) is 0 Å². The molecule has 25 heavy (non-hydrogen) atoms. The number of nitrogens with one attached hydrogen (secondary N) is 1. The second-order valence-electron chi connectivity index (χ2n) is 6.76. The summed E-state index contributed by atoms with van der Waals surface area (Å²) in [6, 6.07) is 14.5. The highest BCUT2D eigenvalue weighted by Crippen LogP contribution is 2.24. The lowest BCUT2D eigenvalue weighted by Crippen LogP contribution is -2.46. The Morgan fingerprint density at radius 1 is 1.00 bits per heavy atom. The van der Waals surface area contributed by atoms with Crippen LogP contribution in [-0.2, 0) is 6.54 Å². The number of nitrogens with zero attached hydrogens (tertiary/aromatic N) is 2. The zero-order valence-corrected chi connectivity index (χ0v) is 15.4. The molecule has 0 radical (unpaired) electrons. The van der Waals surface area contributed by atoms with Gasteiger partial charge in [-0.05, 0) is 48.7 Å². The van der Waals surface area contributed by atoms with E-state index in [0.717, 1.165) is 32.7 Å². The predicted octanol–water partition coefficient (Wildman–Crippen LogP) is 2.99. The van der Waals surface area contributed by atoms with E-state index < -0.39 is 0 Å².